The third-order valence-electron chi connectivity index (χ3n) is 3.80. The number of rotatable bonds is 6. The minimum Gasteiger partial charge on any atom is -0.325 e. The van der Waals surface area contributed by atoms with Crippen LogP contribution in [0.15, 0.2) is 42.5 Å². The molecule has 0 atom stereocenters. The van der Waals surface area contributed by atoms with Crippen LogP contribution in [0.25, 0.3) is 0 Å². The van der Waals surface area contributed by atoms with Crippen molar-refractivity contribution in [2.75, 3.05) is 30.8 Å². The van der Waals surface area contributed by atoms with E-state index in [1.165, 1.54) is 30.1 Å². The summed E-state index contributed by atoms with van der Waals surface area (Å²) in [6.07, 6.45) is -4.58. The van der Waals surface area contributed by atoms with Crippen LogP contribution in [0.5, 0.6) is 0 Å². The van der Waals surface area contributed by atoms with Gasteiger partial charge in [-0.2, -0.15) is 13.2 Å². The first-order chi connectivity index (χ1) is 13.1. The summed E-state index contributed by atoms with van der Waals surface area (Å²) in [7, 11) is 1.52. The summed E-state index contributed by atoms with van der Waals surface area (Å²) < 4.78 is 38.9. The molecule has 0 radical (unpaired) electrons. The first kappa shape index (κ1) is 21.7. The SMILES string of the molecule is Cc1cc(Cl)ccc1NC(=O)CN(C)CC(=O)Nc1ccccc1C(F)(F)F. The summed E-state index contributed by atoms with van der Waals surface area (Å²) in [5.74, 6) is -1.02. The van der Waals surface area contributed by atoms with Crippen molar-refractivity contribution < 1.29 is 22.8 Å². The third-order valence-corrected chi connectivity index (χ3v) is 4.03. The van der Waals surface area contributed by atoms with Crippen molar-refractivity contribution in [2.24, 2.45) is 0 Å². The van der Waals surface area contributed by atoms with Crippen molar-refractivity contribution in [3.63, 3.8) is 0 Å². The Kier molecular flexibility index (Phi) is 7.04. The van der Waals surface area contributed by atoms with Crippen LogP contribution in [0.1, 0.15) is 11.1 Å². The van der Waals surface area contributed by atoms with Gasteiger partial charge in [-0.15, -0.1) is 0 Å². The Morgan fingerprint density at radius 2 is 1.57 bits per heavy atom. The van der Waals surface area contributed by atoms with Crippen LogP contribution < -0.4 is 10.6 Å². The molecule has 150 valence electrons. The molecule has 9 heteroatoms. The average Bonchev–Trinajstić information content (AvgIpc) is 2.56. The van der Waals surface area contributed by atoms with E-state index in [1.807, 2.05) is 0 Å². The minimum absolute atomic E-state index is 0.115. The Balaban J connectivity index is 1.91. The maximum atomic E-state index is 13.0. The van der Waals surface area contributed by atoms with E-state index >= 15 is 0 Å². The number of benzene rings is 2. The second-order valence-corrected chi connectivity index (χ2v) is 6.71. The van der Waals surface area contributed by atoms with Gasteiger partial charge in [0.15, 0.2) is 0 Å². The molecule has 0 saturated heterocycles. The second-order valence-electron chi connectivity index (χ2n) is 6.27. The number of para-hydroxylation sites is 1. The molecule has 0 spiro atoms. The average molecular weight is 414 g/mol. The third kappa shape index (κ3) is 6.24. The van der Waals surface area contributed by atoms with Crippen LogP contribution in [0.4, 0.5) is 24.5 Å². The van der Waals surface area contributed by atoms with Gasteiger partial charge in [0.05, 0.1) is 24.3 Å². The van der Waals surface area contributed by atoms with Gasteiger partial charge in [-0.1, -0.05) is 23.7 Å². The van der Waals surface area contributed by atoms with Crippen LogP contribution in [0.3, 0.4) is 0 Å². The molecule has 0 heterocycles. The quantitative estimate of drug-likeness (QED) is 0.747. The molecule has 0 aliphatic heterocycles. The molecule has 0 aromatic heterocycles. The van der Waals surface area contributed by atoms with Crippen molar-refractivity contribution in [1.29, 1.82) is 0 Å². The van der Waals surface area contributed by atoms with Gasteiger partial charge in [0.2, 0.25) is 11.8 Å². The van der Waals surface area contributed by atoms with E-state index in [9.17, 15) is 22.8 Å². The molecule has 2 aromatic carbocycles. The predicted molar refractivity (Wildman–Crippen MR) is 102 cm³/mol. The maximum absolute atomic E-state index is 13.0. The van der Waals surface area contributed by atoms with Crippen molar-refractivity contribution in [2.45, 2.75) is 13.1 Å². The molecular formula is C19H19ClF3N3O2. The van der Waals surface area contributed by atoms with E-state index in [2.05, 4.69) is 10.6 Å². The number of amides is 2. The topological polar surface area (TPSA) is 61.4 Å². The van der Waals surface area contributed by atoms with Crippen molar-refractivity contribution >= 4 is 34.8 Å². The molecule has 2 aromatic rings. The zero-order valence-electron chi connectivity index (χ0n) is 15.2. The standard InChI is InChI=1S/C19H19ClF3N3O2/c1-12-9-13(20)7-8-15(12)24-17(27)10-26(2)11-18(28)25-16-6-4-3-5-14(16)19(21,22)23/h3-9H,10-11H2,1-2H3,(H,24,27)(H,25,28). The Morgan fingerprint density at radius 3 is 2.14 bits per heavy atom. The number of aryl methyl sites for hydroxylation is 1. The maximum Gasteiger partial charge on any atom is 0.418 e. The van der Waals surface area contributed by atoms with Crippen molar-refractivity contribution in [1.82, 2.24) is 4.90 Å². The van der Waals surface area contributed by atoms with E-state index in [-0.39, 0.29) is 24.7 Å². The summed E-state index contributed by atoms with van der Waals surface area (Å²) in [5, 5.41) is 5.48. The normalized spacial score (nSPS) is 11.4. The fourth-order valence-electron chi connectivity index (χ4n) is 2.53. The van der Waals surface area contributed by atoms with Crippen LogP contribution in [-0.4, -0.2) is 36.9 Å². The molecule has 5 nitrogen and oxygen atoms in total. The first-order valence-electron chi connectivity index (χ1n) is 8.27. The molecule has 0 fully saturated rings. The number of halogens is 4. The van der Waals surface area contributed by atoms with E-state index in [0.717, 1.165) is 11.6 Å². The smallest absolute Gasteiger partial charge is 0.325 e. The van der Waals surface area contributed by atoms with Crippen LogP contribution >= 0.6 is 11.6 Å². The zero-order valence-corrected chi connectivity index (χ0v) is 16.0. The van der Waals surface area contributed by atoms with Gasteiger partial charge in [0, 0.05) is 10.7 Å². The van der Waals surface area contributed by atoms with Gasteiger partial charge in [-0.25, -0.2) is 0 Å². The number of likely N-dealkylation sites (N-methyl/N-ethyl adjacent to an activating group) is 1. The molecule has 0 aliphatic rings. The van der Waals surface area contributed by atoms with Gasteiger partial charge >= 0.3 is 6.18 Å². The zero-order chi connectivity index (χ0) is 20.9. The number of alkyl halides is 3. The lowest BCUT2D eigenvalue weighted by molar-refractivity contribution is -0.137. The van der Waals surface area contributed by atoms with E-state index in [0.29, 0.717) is 10.7 Å². The lowest BCUT2D eigenvalue weighted by Crippen LogP contribution is -2.36. The number of carbonyl (C=O) groups excluding carboxylic acids is 2. The Labute approximate surface area is 165 Å². The highest BCUT2D eigenvalue weighted by Crippen LogP contribution is 2.34. The van der Waals surface area contributed by atoms with Gasteiger partial charge < -0.3 is 10.6 Å². The molecular weight excluding hydrogens is 395 g/mol. The highest BCUT2D eigenvalue weighted by atomic mass is 35.5. The second kappa shape index (κ2) is 9.07. The Morgan fingerprint density at radius 1 is 1.00 bits per heavy atom. The molecule has 0 aliphatic carbocycles. The summed E-state index contributed by atoms with van der Waals surface area (Å²) in [6, 6.07) is 9.71. The summed E-state index contributed by atoms with van der Waals surface area (Å²) in [4.78, 5) is 25.6. The minimum atomic E-state index is -4.58. The van der Waals surface area contributed by atoms with Gasteiger partial charge in [-0.3, -0.25) is 14.5 Å². The number of anilines is 2. The number of carbonyl (C=O) groups is 2. The van der Waals surface area contributed by atoms with E-state index < -0.39 is 17.6 Å². The van der Waals surface area contributed by atoms with Gasteiger partial charge in [-0.05, 0) is 49.9 Å². The van der Waals surface area contributed by atoms with Crippen LogP contribution in [0.2, 0.25) is 5.02 Å². The Hall–Kier alpha value is -2.58. The molecule has 2 amide bonds. The lowest BCUT2D eigenvalue weighted by Gasteiger charge is -2.18. The lowest BCUT2D eigenvalue weighted by atomic mass is 10.1. The van der Waals surface area contributed by atoms with Crippen LogP contribution in [0, 0.1) is 6.92 Å². The molecule has 2 rings (SSSR count). The van der Waals surface area contributed by atoms with E-state index in [4.69, 9.17) is 11.6 Å². The summed E-state index contributed by atoms with van der Waals surface area (Å²) >= 11 is 5.87. The number of hydrogen-bond acceptors (Lipinski definition) is 3. The van der Waals surface area contributed by atoms with Crippen LogP contribution in [-0.2, 0) is 15.8 Å². The highest BCUT2D eigenvalue weighted by molar-refractivity contribution is 6.30. The Bertz CT molecular complexity index is 872. The summed E-state index contributed by atoms with van der Waals surface area (Å²) in [6.45, 7) is 1.42. The van der Waals surface area contributed by atoms with E-state index in [1.54, 1.807) is 25.1 Å². The molecule has 0 bridgehead atoms. The van der Waals surface area contributed by atoms with Gasteiger partial charge in [0.1, 0.15) is 0 Å². The number of hydrogen-bond donors (Lipinski definition) is 2. The number of nitrogens with one attached hydrogen (secondary N) is 2. The van der Waals surface area contributed by atoms with Gasteiger partial charge in [0.25, 0.3) is 0 Å². The monoisotopic (exact) mass is 413 g/mol. The fourth-order valence-corrected chi connectivity index (χ4v) is 2.76. The first-order valence-corrected chi connectivity index (χ1v) is 8.64. The largest absolute Gasteiger partial charge is 0.418 e. The predicted octanol–water partition coefficient (Wildman–Crippen LogP) is 4.18. The van der Waals surface area contributed by atoms with Crippen molar-refractivity contribution in [3.8, 4) is 0 Å². The molecule has 2 N–H and O–H groups in total. The molecule has 0 saturated carbocycles. The number of nitrogens with zero attached hydrogens (tertiary/aromatic N) is 1. The molecule has 28 heavy (non-hydrogen) atoms. The van der Waals surface area contributed by atoms with Crippen molar-refractivity contribution in [3.05, 3.63) is 58.6 Å². The fraction of sp³-hybridized carbons (Fsp3) is 0.263. The summed E-state index contributed by atoms with van der Waals surface area (Å²) in [5.41, 5.74) is 0.118. The highest BCUT2D eigenvalue weighted by Gasteiger charge is 2.33. The molecule has 0 unspecified atom stereocenters.